The molecule has 184 valence electrons. The normalized spacial score (nSPS) is 10.3. The number of rotatable bonds is 13. The SMILES string of the molecule is CCCCCCOc1ccc(Br)cc1C(=O)NNC(=O)CCC(=O)Nc1ccc(OCC)cc1. The molecule has 9 heteroatoms. The van der Waals surface area contributed by atoms with Crippen LogP contribution in [0.25, 0.3) is 0 Å². The third-order valence-corrected chi connectivity index (χ3v) is 5.28. The van der Waals surface area contributed by atoms with Gasteiger partial charge >= 0.3 is 0 Å². The van der Waals surface area contributed by atoms with Crippen LogP contribution >= 0.6 is 15.9 Å². The van der Waals surface area contributed by atoms with Crippen LogP contribution < -0.4 is 25.6 Å². The van der Waals surface area contributed by atoms with Crippen molar-refractivity contribution in [3.05, 3.63) is 52.5 Å². The zero-order valence-electron chi connectivity index (χ0n) is 19.6. The van der Waals surface area contributed by atoms with E-state index in [4.69, 9.17) is 9.47 Å². The Labute approximate surface area is 208 Å². The Kier molecular flexibility index (Phi) is 12.0. The van der Waals surface area contributed by atoms with E-state index in [1.54, 1.807) is 42.5 Å². The number of unbranched alkanes of at least 4 members (excludes halogenated alkanes) is 3. The second kappa shape index (κ2) is 15.0. The summed E-state index contributed by atoms with van der Waals surface area (Å²) in [6.45, 7) is 5.11. The number of benzene rings is 2. The number of halogens is 1. The molecule has 3 N–H and O–H groups in total. The summed E-state index contributed by atoms with van der Waals surface area (Å²) in [6.07, 6.45) is 4.13. The van der Waals surface area contributed by atoms with Crippen LogP contribution in [0.5, 0.6) is 11.5 Å². The number of anilines is 1. The maximum atomic E-state index is 12.6. The summed E-state index contributed by atoms with van der Waals surface area (Å²) in [5.41, 5.74) is 5.64. The summed E-state index contributed by atoms with van der Waals surface area (Å²) < 4.78 is 11.8. The van der Waals surface area contributed by atoms with Gasteiger partial charge in [-0.1, -0.05) is 42.1 Å². The van der Waals surface area contributed by atoms with Crippen molar-refractivity contribution in [1.82, 2.24) is 10.9 Å². The van der Waals surface area contributed by atoms with E-state index in [-0.39, 0.29) is 18.7 Å². The molecular formula is C25H32BrN3O5. The molecule has 0 spiro atoms. The zero-order valence-corrected chi connectivity index (χ0v) is 21.2. The molecular weight excluding hydrogens is 502 g/mol. The van der Waals surface area contributed by atoms with Gasteiger partial charge in [-0.3, -0.25) is 25.2 Å². The van der Waals surface area contributed by atoms with Gasteiger partial charge in [-0.25, -0.2) is 0 Å². The lowest BCUT2D eigenvalue weighted by molar-refractivity contribution is -0.124. The lowest BCUT2D eigenvalue weighted by Gasteiger charge is -2.13. The summed E-state index contributed by atoms with van der Waals surface area (Å²) in [5, 5.41) is 2.72. The Morgan fingerprint density at radius 2 is 1.59 bits per heavy atom. The molecule has 0 aliphatic carbocycles. The molecule has 8 nitrogen and oxygen atoms in total. The van der Waals surface area contributed by atoms with Gasteiger partial charge in [0.25, 0.3) is 5.91 Å². The van der Waals surface area contributed by atoms with Crippen molar-refractivity contribution in [1.29, 1.82) is 0 Å². The Morgan fingerprint density at radius 1 is 0.853 bits per heavy atom. The number of hydrogen-bond acceptors (Lipinski definition) is 5. The molecule has 0 aromatic heterocycles. The van der Waals surface area contributed by atoms with Gasteiger partial charge in [-0.05, 0) is 55.8 Å². The van der Waals surface area contributed by atoms with Crippen LogP contribution in [-0.2, 0) is 9.59 Å². The first-order chi connectivity index (χ1) is 16.4. The quantitative estimate of drug-likeness (QED) is 0.248. The minimum Gasteiger partial charge on any atom is -0.494 e. The Bertz CT molecular complexity index is 950. The van der Waals surface area contributed by atoms with Crippen LogP contribution in [0.2, 0.25) is 0 Å². The molecule has 0 fully saturated rings. The highest BCUT2D eigenvalue weighted by atomic mass is 79.9. The maximum Gasteiger partial charge on any atom is 0.273 e. The van der Waals surface area contributed by atoms with Gasteiger partial charge < -0.3 is 14.8 Å². The molecule has 0 aliphatic rings. The van der Waals surface area contributed by atoms with Crippen molar-refractivity contribution in [3.63, 3.8) is 0 Å². The topological polar surface area (TPSA) is 106 Å². The molecule has 0 bridgehead atoms. The lowest BCUT2D eigenvalue weighted by atomic mass is 10.2. The van der Waals surface area contributed by atoms with Gasteiger partial charge in [0.05, 0.1) is 18.8 Å². The Balaban J connectivity index is 1.78. The molecule has 0 aliphatic heterocycles. The predicted octanol–water partition coefficient (Wildman–Crippen LogP) is 4.99. The van der Waals surface area contributed by atoms with Crippen molar-refractivity contribution in [2.24, 2.45) is 0 Å². The van der Waals surface area contributed by atoms with E-state index >= 15 is 0 Å². The molecule has 0 saturated carbocycles. The second-order valence-electron chi connectivity index (χ2n) is 7.56. The van der Waals surface area contributed by atoms with Crippen molar-refractivity contribution in [3.8, 4) is 11.5 Å². The molecule has 0 heterocycles. The van der Waals surface area contributed by atoms with Crippen molar-refractivity contribution < 1.29 is 23.9 Å². The van der Waals surface area contributed by atoms with Crippen LogP contribution in [0.4, 0.5) is 5.69 Å². The average Bonchev–Trinajstić information content (AvgIpc) is 2.83. The molecule has 2 aromatic rings. The standard InChI is InChI=1S/C25H32BrN3O5/c1-3-5-6-7-16-34-22-13-8-18(26)17-21(22)25(32)29-28-24(31)15-14-23(30)27-19-9-11-20(12-10-19)33-4-2/h8-13,17H,3-7,14-16H2,1-2H3,(H,27,30)(H,28,31)(H,29,32). The Morgan fingerprint density at radius 3 is 2.29 bits per heavy atom. The maximum absolute atomic E-state index is 12.6. The van der Waals surface area contributed by atoms with Gasteiger partial charge in [0.15, 0.2) is 0 Å². The minimum absolute atomic E-state index is 0.0298. The number of hydrazine groups is 1. The van der Waals surface area contributed by atoms with Crippen LogP contribution in [0.1, 0.15) is 62.7 Å². The summed E-state index contributed by atoms with van der Waals surface area (Å²) in [7, 11) is 0. The fourth-order valence-corrected chi connectivity index (χ4v) is 3.39. The van der Waals surface area contributed by atoms with Crippen molar-refractivity contribution in [2.75, 3.05) is 18.5 Å². The molecule has 34 heavy (non-hydrogen) atoms. The predicted molar refractivity (Wildman–Crippen MR) is 135 cm³/mol. The number of hydrogen-bond donors (Lipinski definition) is 3. The smallest absolute Gasteiger partial charge is 0.273 e. The number of carbonyl (C=O) groups excluding carboxylic acids is 3. The fraction of sp³-hybridized carbons (Fsp3) is 0.400. The second-order valence-corrected chi connectivity index (χ2v) is 8.47. The van der Waals surface area contributed by atoms with Gasteiger partial charge in [0, 0.05) is 23.0 Å². The van der Waals surface area contributed by atoms with Gasteiger partial charge in [0.1, 0.15) is 11.5 Å². The number of amides is 3. The molecule has 2 aromatic carbocycles. The highest BCUT2D eigenvalue weighted by Gasteiger charge is 2.15. The number of ether oxygens (including phenoxy) is 2. The molecule has 2 rings (SSSR count). The van der Waals surface area contributed by atoms with Gasteiger partial charge in [-0.2, -0.15) is 0 Å². The van der Waals surface area contributed by atoms with Crippen LogP contribution in [0, 0.1) is 0 Å². The molecule has 3 amide bonds. The minimum atomic E-state index is -0.503. The molecule has 0 atom stereocenters. The highest BCUT2D eigenvalue weighted by molar-refractivity contribution is 9.10. The summed E-state index contributed by atoms with van der Waals surface area (Å²) >= 11 is 3.35. The first kappa shape index (κ1) is 27.2. The summed E-state index contributed by atoms with van der Waals surface area (Å²) in [5.74, 6) is -0.132. The Hall–Kier alpha value is -3.07. The average molecular weight is 534 g/mol. The van der Waals surface area contributed by atoms with E-state index in [2.05, 4.69) is 39.0 Å². The molecule has 0 radical (unpaired) electrons. The van der Waals surface area contributed by atoms with E-state index in [1.165, 1.54) is 0 Å². The van der Waals surface area contributed by atoms with E-state index in [0.29, 0.717) is 40.4 Å². The number of carbonyl (C=O) groups is 3. The van der Waals surface area contributed by atoms with E-state index in [1.807, 2.05) is 6.92 Å². The number of nitrogens with one attached hydrogen (secondary N) is 3. The largest absolute Gasteiger partial charge is 0.494 e. The molecule has 0 unspecified atom stereocenters. The first-order valence-corrected chi connectivity index (χ1v) is 12.3. The van der Waals surface area contributed by atoms with Crippen LogP contribution in [-0.4, -0.2) is 30.9 Å². The lowest BCUT2D eigenvalue weighted by Crippen LogP contribution is -2.42. The van der Waals surface area contributed by atoms with E-state index < -0.39 is 11.8 Å². The summed E-state index contributed by atoms with van der Waals surface area (Å²) in [4.78, 5) is 36.8. The van der Waals surface area contributed by atoms with Crippen LogP contribution in [0.3, 0.4) is 0 Å². The summed E-state index contributed by atoms with van der Waals surface area (Å²) in [6, 6.07) is 12.1. The third kappa shape index (κ3) is 9.82. The van der Waals surface area contributed by atoms with Crippen molar-refractivity contribution >= 4 is 39.3 Å². The monoisotopic (exact) mass is 533 g/mol. The fourth-order valence-electron chi connectivity index (χ4n) is 3.02. The van der Waals surface area contributed by atoms with Crippen LogP contribution in [0.15, 0.2) is 46.9 Å². The first-order valence-electron chi connectivity index (χ1n) is 11.5. The third-order valence-electron chi connectivity index (χ3n) is 4.79. The molecule has 0 saturated heterocycles. The van der Waals surface area contributed by atoms with Gasteiger partial charge in [0.2, 0.25) is 11.8 Å². The van der Waals surface area contributed by atoms with E-state index in [9.17, 15) is 14.4 Å². The highest BCUT2D eigenvalue weighted by Crippen LogP contribution is 2.23. The van der Waals surface area contributed by atoms with E-state index in [0.717, 1.165) is 25.7 Å². The van der Waals surface area contributed by atoms with Crippen molar-refractivity contribution in [2.45, 2.75) is 52.4 Å². The van der Waals surface area contributed by atoms with Gasteiger partial charge in [-0.15, -0.1) is 0 Å². The zero-order chi connectivity index (χ0) is 24.8.